The van der Waals surface area contributed by atoms with Gasteiger partial charge in [-0.25, -0.2) is 4.79 Å². The molecule has 1 aromatic carbocycles. The maximum Gasteiger partial charge on any atom is 0.337 e. The number of amides is 1. The van der Waals surface area contributed by atoms with Crippen molar-refractivity contribution in [1.29, 1.82) is 0 Å². The lowest BCUT2D eigenvalue weighted by Crippen LogP contribution is -2.18. The predicted octanol–water partition coefficient (Wildman–Crippen LogP) is 2.58. The largest absolute Gasteiger partial charge is 0.465 e. The second-order valence-corrected chi connectivity index (χ2v) is 6.99. The molecule has 0 saturated heterocycles. The Morgan fingerprint density at radius 1 is 1.40 bits per heavy atom. The van der Waals surface area contributed by atoms with Gasteiger partial charge in [-0.05, 0) is 24.5 Å². The van der Waals surface area contributed by atoms with Crippen LogP contribution in [0, 0.1) is 0 Å². The Morgan fingerprint density at radius 2 is 2.24 bits per heavy atom. The van der Waals surface area contributed by atoms with Gasteiger partial charge in [0.25, 0.3) is 0 Å². The monoisotopic (exact) mass is 377 g/mol. The Kier molecular flexibility index (Phi) is 5.34. The molecule has 9 heteroatoms. The molecule has 2 aromatic heterocycles. The van der Waals surface area contributed by atoms with Crippen molar-refractivity contribution >= 4 is 45.2 Å². The van der Waals surface area contributed by atoms with Gasteiger partial charge in [-0.1, -0.05) is 16.5 Å². The third kappa shape index (κ3) is 3.67. The molecule has 0 radical (unpaired) electrons. The van der Waals surface area contributed by atoms with Crippen LogP contribution in [-0.4, -0.2) is 40.7 Å². The number of rotatable bonds is 5. The molecule has 3 rings (SSSR count). The highest BCUT2D eigenvalue weighted by Crippen LogP contribution is 2.20. The van der Waals surface area contributed by atoms with Crippen molar-refractivity contribution in [1.82, 2.24) is 9.72 Å². The van der Waals surface area contributed by atoms with Gasteiger partial charge in [-0.3, -0.25) is 4.79 Å². The van der Waals surface area contributed by atoms with E-state index in [0.29, 0.717) is 16.9 Å². The number of carbonyl (C=O) groups is 2. The Hall–Kier alpha value is -2.39. The van der Waals surface area contributed by atoms with Crippen molar-refractivity contribution in [2.24, 2.45) is 4.99 Å². The minimum atomic E-state index is -0.491. The number of fused-ring (bicyclic) bond motifs is 1. The van der Waals surface area contributed by atoms with Crippen LogP contribution in [0.3, 0.4) is 0 Å². The van der Waals surface area contributed by atoms with Gasteiger partial charge in [0.2, 0.25) is 5.76 Å². The molecule has 130 valence electrons. The molecule has 0 aliphatic carbocycles. The highest BCUT2D eigenvalue weighted by Gasteiger charge is 2.13. The fraction of sp³-hybridized carbons (Fsp3) is 0.250. The Balaban J connectivity index is 2.12. The number of aromatic nitrogens is 2. The van der Waals surface area contributed by atoms with Gasteiger partial charge in [0.15, 0.2) is 4.80 Å². The number of carbonyl (C=O) groups excluding carboxylic acids is 2. The molecule has 0 aliphatic rings. The molecule has 0 aliphatic heterocycles. The topological polar surface area (TPSA) is 86.7 Å². The van der Waals surface area contributed by atoms with Crippen LogP contribution in [0.5, 0.6) is 0 Å². The summed E-state index contributed by atoms with van der Waals surface area (Å²) in [5, 5.41) is 3.53. The number of nitrogens with zero attached hydrogens (tertiary/aromatic N) is 3. The number of thioether (sulfide) groups is 1. The number of benzene rings is 1. The zero-order chi connectivity index (χ0) is 17.8. The van der Waals surface area contributed by atoms with E-state index < -0.39 is 11.9 Å². The molecule has 2 heterocycles. The summed E-state index contributed by atoms with van der Waals surface area (Å²) < 4.78 is 12.4. The Morgan fingerprint density at radius 3 is 2.92 bits per heavy atom. The number of methoxy groups -OCH3 is 1. The quantitative estimate of drug-likeness (QED) is 0.635. The van der Waals surface area contributed by atoms with Gasteiger partial charge in [0.05, 0.1) is 29.1 Å². The van der Waals surface area contributed by atoms with Crippen LogP contribution in [-0.2, 0) is 11.3 Å². The Bertz CT molecular complexity index is 973. The summed E-state index contributed by atoms with van der Waals surface area (Å²) in [5.74, 6) is 0.0651. The summed E-state index contributed by atoms with van der Waals surface area (Å²) in [6.45, 7) is 0.696. The SMILES string of the molecule is COC(=O)c1ccc2c(c1)sc(=NC(=O)c1ccno1)n2CCSC. The van der Waals surface area contributed by atoms with Crippen LogP contribution in [0.1, 0.15) is 20.9 Å². The second kappa shape index (κ2) is 7.66. The maximum absolute atomic E-state index is 12.2. The zero-order valence-electron chi connectivity index (χ0n) is 13.6. The average Bonchev–Trinajstić information content (AvgIpc) is 3.26. The fourth-order valence-electron chi connectivity index (χ4n) is 2.27. The first-order valence-corrected chi connectivity index (χ1v) is 9.55. The second-order valence-electron chi connectivity index (χ2n) is 5.00. The maximum atomic E-state index is 12.2. The molecule has 0 N–H and O–H groups in total. The molecular weight excluding hydrogens is 362 g/mol. The minimum Gasteiger partial charge on any atom is -0.465 e. The van der Waals surface area contributed by atoms with Crippen LogP contribution in [0.2, 0.25) is 0 Å². The molecule has 0 spiro atoms. The number of ether oxygens (including phenoxy) is 1. The molecule has 0 bridgehead atoms. The molecule has 0 atom stereocenters. The molecular formula is C16H15N3O4S2. The molecule has 3 aromatic rings. The first kappa shape index (κ1) is 17.4. The normalized spacial score (nSPS) is 11.8. The van der Waals surface area contributed by atoms with Crippen LogP contribution in [0.25, 0.3) is 10.2 Å². The standard InChI is InChI=1S/C16H15N3O4S2/c1-22-15(21)10-3-4-11-13(9-10)25-16(19(11)7-8-24-2)18-14(20)12-5-6-17-23-12/h3-6,9H,7-8H2,1-2H3. The first-order valence-electron chi connectivity index (χ1n) is 7.34. The van der Waals surface area contributed by atoms with E-state index in [1.807, 2.05) is 16.9 Å². The molecule has 0 unspecified atom stereocenters. The average molecular weight is 377 g/mol. The number of thiazole rings is 1. The Labute approximate surface area is 151 Å². The van der Waals surface area contributed by atoms with Crippen LogP contribution >= 0.6 is 23.1 Å². The fourth-order valence-corrected chi connectivity index (χ4v) is 3.73. The van der Waals surface area contributed by atoms with Crippen LogP contribution < -0.4 is 4.80 Å². The van der Waals surface area contributed by atoms with Crippen LogP contribution in [0.4, 0.5) is 0 Å². The van der Waals surface area contributed by atoms with Crippen molar-refractivity contribution < 1.29 is 18.8 Å². The van der Waals surface area contributed by atoms with Crippen molar-refractivity contribution in [2.75, 3.05) is 19.1 Å². The van der Waals surface area contributed by atoms with Gasteiger partial charge in [0.1, 0.15) is 0 Å². The van der Waals surface area contributed by atoms with Crippen molar-refractivity contribution in [2.45, 2.75) is 6.54 Å². The summed E-state index contributed by atoms with van der Waals surface area (Å²) in [6.07, 6.45) is 3.42. The zero-order valence-corrected chi connectivity index (χ0v) is 15.2. The predicted molar refractivity (Wildman–Crippen MR) is 95.9 cm³/mol. The molecule has 25 heavy (non-hydrogen) atoms. The third-order valence-corrected chi connectivity index (χ3v) is 5.10. The number of aryl methyl sites for hydroxylation is 1. The van der Waals surface area contributed by atoms with E-state index in [1.165, 1.54) is 30.7 Å². The molecule has 1 amide bonds. The van der Waals surface area contributed by atoms with E-state index in [0.717, 1.165) is 16.0 Å². The van der Waals surface area contributed by atoms with Crippen molar-refractivity contribution in [3.05, 3.63) is 46.6 Å². The minimum absolute atomic E-state index is 0.0872. The van der Waals surface area contributed by atoms with Gasteiger partial charge in [0, 0.05) is 18.4 Å². The van der Waals surface area contributed by atoms with E-state index in [4.69, 9.17) is 9.26 Å². The highest BCUT2D eigenvalue weighted by molar-refractivity contribution is 7.98. The van der Waals surface area contributed by atoms with E-state index in [2.05, 4.69) is 10.1 Å². The van der Waals surface area contributed by atoms with E-state index in [9.17, 15) is 9.59 Å². The van der Waals surface area contributed by atoms with E-state index >= 15 is 0 Å². The number of hydrogen-bond acceptors (Lipinski definition) is 7. The lowest BCUT2D eigenvalue weighted by molar-refractivity contribution is 0.0601. The third-order valence-electron chi connectivity index (χ3n) is 3.47. The number of esters is 1. The van der Waals surface area contributed by atoms with Crippen LogP contribution in [0.15, 0.2) is 40.0 Å². The van der Waals surface area contributed by atoms with Gasteiger partial charge >= 0.3 is 11.9 Å². The van der Waals surface area contributed by atoms with E-state index in [-0.39, 0.29) is 5.76 Å². The van der Waals surface area contributed by atoms with Gasteiger partial charge < -0.3 is 13.8 Å². The van der Waals surface area contributed by atoms with E-state index in [1.54, 1.807) is 23.9 Å². The summed E-state index contributed by atoms with van der Waals surface area (Å²) in [5.41, 5.74) is 1.37. The lowest BCUT2D eigenvalue weighted by Gasteiger charge is -2.04. The number of hydrogen-bond donors (Lipinski definition) is 0. The summed E-state index contributed by atoms with van der Waals surface area (Å²) in [4.78, 5) is 28.7. The van der Waals surface area contributed by atoms with Crippen molar-refractivity contribution in [3.8, 4) is 0 Å². The molecule has 0 saturated carbocycles. The first-order chi connectivity index (χ1) is 12.1. The summed E-state index contributed by atoms with van der Waals surface area (Å²) in [7, 11) is 1.34. The van der Waals surface area contributed by atoms with Crippen molar-refractivity contribution in [3.63, 3.8) is 0 Å². The van der Waals surface area contributed by atoms with Gasteiger partial charge in [-0.2, -0.15) is 16.8 Å². The highest BCUT2D eigenvalue weighted by atomic mass is 32.2. The van der Waals surface area contributed by atoms with Gasteiger partial charge in [-0.15, -0.1) is 0 Å². The lowest BCUT2D eigenvalue weighted by atomic mass is 10.2. The smallest absolute Gasteiger partial charge is 0.337 e. The summed E-state index contributed by atoms with van der Waals surface area (Å²) in [6, 6.07) is 6.77. The molecule has 0 fully saturated rings. The molecule has 7 nitrogen and oxygen atoms in total. The summed E-state index contributed by atoms with van der Waals surface area (Å²) >= 11 is 3.04.